The maximum absolute atomic E-state index is 6.73. The van der Waals surface area contributed by atoms with Crippen molar-refractivity contribution in [3.8, 4) is 22.3 Å². The molecule has 0 fully saturated rings. The Morgan fingerprint density at radius 3 is 1.97 bits per heavy atom. The molecule has 1 aliphatic carbocycles. The Labute approximate surface area is 367 Å². The molecule has 9 aromatic carbocycles. The number of furan rings is 1. The lowest BCUT2D eigenvalue weighted by atomic mass is 9.84. The lowest BCUT2D eigenvalue weighted by molar-refractivity contribution is 0.627. The van der Waals surface area contributed by atoms with Crippen molar-refractivity contribution in [1.29, 1.82) is 0 Å². The van der Waals surface area contributed by atoms with Gasteiger partial charge in [-0.3, -0.25) is 0 Å². The van der Waals surface area contributed by atoms with Crippen LogP contribution in [0.25, 0.3) is 84.5 Å². The number of fused-ring (bicyclic) bond motifs is 12. The SMILES string of the molecule is c1ccc(N(c2ccc(CC3CCc4cc5oc6ccccc6c5c(-c5cccc6c5sc5ccccc56)c4-c4ccccc43)cc2)c2ccc3sc4ccccc4c3c2)cc1. The van der Waals surface area contributed by atoms with E-state index in [1.54, 1.807) is 0 Å². The first-order valence-electron chi connectivity index (χ1n) is 21.6. The fraction of sp³-hybridized carbons (Fsp3) is 0.0690. The summed E-state index contributed by atoms with van der Waals surface area (Å²) in [5.41, 5.74) is 14.8. The normalized spacial score (nSPS) is 13.9. The lowest BCUT2D eigenvalue weighted by Gasteiger charge is -2.26. The van der Waals surface area contributed by atoms with Gasteiger partial charge in [-0.15, -0.1) is 22.7 Å². The van der Waals surface area contributed by atoms with Crippen LogP contribution in [0.2, 0.25) is 0 Å². The van der Waals surface area contributed by atoms with Crippen LogP contribution in [-0.4, -0.2) is 0 Å². The monoisotopic (exact) mass is 829 g/mol. The predicted octanol–water partition coefficient (Wildman–Crippen LogP) is 17.4. The van der Waals surface area contributed by atoms with E-state index in [2.05, 4.69) is 199 Å². The second kappa shape index (κ2) is 14.3. The van der Waals surface area contributed by atoms with Crippen molar-refractivity contribution in [2.75, 3.05) is 4.90 Å². The first-order chi connectivity index (χ1) is 30.7. The van der Waals surface area contributed by atoms with Gasteiger partial charge in [0.2, 0.25) is 0 Å². The van der Waals surface area contributed by atoms with E-state index >= 15 is 0 Å². The van der Waals surface area contributed by atoms with Gasteiger partial charge in [0, 0.05) is 79.3 Å². The molecule has 2 nitrogen and oxygen atoms in total. The van der Waals surface area contributed by atoms with Crippen LogP contribution >= 0.6 is 22.7 Å². The molecule has 0 radical (unpaired) electrons. The average Bonchev–Trinajstić information content (AvgIpc) is 3.99. The van der Waals surface area contributed by atoms with Crippen LogP contribution in [-0.2, 0) is 12.8 Å². The Balaban J connectivity index is 0.922. The summed E-state index contributed by atoms with van der Waals surface area (Å²) in [7, 11) is 0. The molecule has 0 N–H and O–H groups in total. The summed E-state index contributed by atoms with van der Waals surface area (Å²) in [6, 6.07) is 71.7. The second-order valence-corrected chi connectivity index (χ2v) is 18.8. The van der Waals surface area contributed by atoms with Crippen LogP contribution in [0.1, 0.15) is 29.0 Å². The van der Waals surface area contributed by atoms with Crippen LogP contribution in [0.15, 0.2) is 199 Å². The molecule has 0 aliphatic heterocycles. The zero-order valence-corrected chi connectivity index (χ0v) is 35.5. The van der Waals surface area contributed by atoms with Gasteiger partial charge < -0.3 is 9.32 Å². The molecule has 3 aromatic heterocycles. The van der Waals surface area contributed by atoms with E-state index in [0.29, 0.717) is 5.92 Å². The fourth-order valence-electron chi connectivity index (χ4n) is 10.4. The van der Waals surface area contributed by atoms with Crippen molar-refractivity contribution < 1.29 is 4.42 Å². The van der Waals surface area contributed by atoms with Gasteiger partial charge in [0.05, 0.1) is 0 Å². The molecular formula is C58H39NOS2. The van der Waals surface area contributed by atoms with Crippen LogP contribution in [0.3, 0.4) is 0 Å². The second-order valence-electron chi connectivity index (χ2n) is 16.7. The Morgan fingerprint density at radius 2 is 1.11 bits per heavy atom. The molecule has 3 heterocycles. The third-order valence-electron chi connectivity index (χ3n) is 13.2. The van der Waals surface area contributed by atoms with Crippen molar-refractivity contribution in [3.63, 3.8) is 0 Å². The largest absolute Gasteiger partial charge is 0.456 e. The smallest absolute Gasteiger partial charge is 0.136 e. The molecular weight excluding hydrogens is 791 g/mol. The molecule has 0 amide bonds. The highest BCUT2D eigenvalue weighted by molar-refractivity contribution is 7.26. The standard InChI is InChI=1S/C58H39NOS2/c1-2-13-39(14-3-1)59(41-31-32-54-49(35-41)44-17-8-10-23-52(44)61-54)40-29-25-36(26-30-40)33-37-27-28-38-34-51-56(47-19-6-9-22-50(47)60-51)57(55(38)45-18-5-4-15-42(37)45)48-21-12-20-46-43-16-7-11-24-53(43)62-58(46)48/h1-26,29-32,34-35,37H,27-28,33H2. The summed E-state index contributed by atoms with van der Waals surface area (Å²) in [6.45, 7) is 0. The van der Waals surface area contributed by atoms with Crippen LogP contribution in [0.5, 0.6) is 0 Å². The number of benzene rings is 9. The molecule has 1 unspecified atom stereocenters. The van der Waals surface area contributed by atoms with Gasteiger partial charge in [-0.05, 0) is 120 Å². The van der Waals surface area contributed by atoms with E-state index in [-0.39, 0.29) is 0 Å². The Kier molecular flexibility index (Phi) is 8.25. The highest BCUT2D eigenvalue weighted by Crippen LogP contribution is 2.52. The van der Waals surface area contributed by atoms with Crippen LogP contribution < -0.4 is 4.90 Å². The minimum Gasteiger partial charge on any atom is -0.456 e. The Hall–Kier alpha value is -6.98. The van der Waals surface area contributed by atoms with E-state index in [9.17, 15) is 0 Å². The number of rotatable bonds is 6. The summed E-state index contributed by atoms with van der Waals surface area (Å²) in [4.78, 5) is 2.39. The third kappa shape index (κ3) is 5.67. The summed E-state index contributed by atoms with van der Waals surface area (Å²) >= 11 is 3.77. The number of hydrogen-bond acceptors (Lipinski definition) is 4. The van der Waals surface area contributed by atoms with E-state index in [4.69, 9.17) is 4.42 Å². The number of nitrogens with zero attached hydrogens (tertiary/aromatic N) is 1. The summed E-state index contributed by atoms with van der Waals surface area (Å²) < 4.78 is 12.0. The number of thiophene rings is 2. The zero-order chi connectivity index (χ0) is 40.7. The molecule has 0 saturated carbocycles. The number of hydrogen-bond donors (Lipinski definition) is 0. The van der Waals surface area contributed by atoms with Gasteiger partial charge in [0.25, 0.3) is 0 Å². The first-order valence-corrected chi connectivity index (χ1v) is 23.2. The molecule has 294 valence electrons. The molecule has 1 atom stereocenters. The summed E-state index contributed by atoms with van der Waals surface area (Å²) in [6.07, 6.45) is 2.98. The topological polar surface area (TPSA) is 16.4 Å². The van der Waals surface area contributed by atoms with Gasteiger partial charge in [0.1, 0.15) is 11.2 Å². The summed E-state index contributed by atoms with van der Waals surface area (Å²) in [5, 5.41) is 7.64. The molecule has 13 rings (SSSR count). The van der Waals surface area contributed by atoms with E-state index in [0.717, 1.165) is 47.5 Å². The minimum absolute atomic E-state index is 0.347. The third-order valence-corrected chi connectivity index (χ3v) is 15.5. The molecule has 4 heteroatoms. The number of para-hydroxylation sites is 2. The predicted molar refractivity (Wildman–Crippen MR) is 266 cm³/mol. The van der Waals surface area contributed by atoms with Crippen molar-refractivity contribution in [2.24, 2.45) is 0 Å². The van der Waals surface area contributed by atoms with E-state index in [1.165, 1.54) is 90.1 Å². The molecule has 0 saturated heterocycles. The Bertz CT molecular complexity index is 3690. The van der Waals surface area contributed by atoms with Crippen molar-refractivity contribution in [1.82, 2.24) is 0 Å². The molecule has 12 aromatic rings. The van der Waals surface area contributed by atoms with E-state index in [1.807, 2.05) is 22.7 Å². The molecule has 0 bridgehead atoms. The average molecular weight is 830 g/mol. The molecule has 62 heavy (non-hydrogen) atoms. The Morgan fingerprint density at radius 1 is 0.468 bits per heavy atom. The zero-order valence-electron chi connectivity index (χ0n) is 33.8. The summed E-state index contributed by atoms with van der Waals surface area (Å²) in [5.74, 6) is 0.347. The van der Waals surface area contributed by atoms with Crippen LogP contribution in [0.4, 0.5) is 17.1 Å². The van der Waals surface area contributed by atoms with Crippen molar-refractivity contribution >= 4 is 102 Å². The van der Waals surface area contributed by atoms with Gasteiger partial charge in [-0.1, -0.05) is 127 Å². The lowest BCUT2D eigenvalue weighted by Crippen LogP contribution is -2.10. The van der Waals surface area contributed by atoms with Crippen molar-refractivity contribution in [3.05, 3.63) is 211 Å². The molecule has 0 spiro atoms. The van der Waals surface area contributed by atoms with Gasteiger partial charge in [-0.2, -0.15) is 0 Å². The highest BCUT2D eigenvalue weighted by atomic mass is 32.1. The maximum Gasteiger partial charge on any atom is 0.136 e. The molecule has 1 aliphatic rings. The minimum atomic E-state index is 0.347. The van der Waals surface area contributed by atoms with Crippen LogP contribution in [0, 0.1) is 0 Å². The van der Waals surface area contributed by atoms with E-state index < -0.39 is 0 Å². The van der Waals surface area contributed by atoms with Gasteiger partial charge >= 0.3 is 0 Å². The van der Waals surface area contributed by atoms with Gasteiger partial charge in [-0.25, -0.2) is 0 Å². The first kappa shape index (κ1) is 35.7. The number of aryl methyl sites for hydroxylation is 1. The maximum atomic E-state index is 6.73. The highest BCUT2D eigenvalue weighted by Gasteiger charge is 2.29. The number of anilines is 3. The van der Waals surface area contributed by atoms with Gasteiger partial charge in [0.15, 0.2) is 0 Å². The van der Waals surface area contributed by atoms with Crippen molar-refractivity contribution in [2.45, 2.75) is 25.2 Å². The quantitative estimate of drug-likeness (QED) is 0.166. The fourth-order valence-corrected chi connectivity index (χ4v) is 12.7.